The molecule has 5 N–H and O–H groups in total. The van der Waals surface area contributed by atoms with Crippen molar-refractivity contribution in [2.75, 3.05) is 66.0 Å². The monoisotopic (exact) mass is 746 g/mol. The number of azide groups is 4. The van der Waals surface area contributed by atoms with Crippen LogP contribution in [-0.2, 0) is 42.6 Å². The van der Waals surface area contributed by atoms with Crippen LogP contribution < -0.4 is 0 Å². The van der Waals surface area contributed by atoms with Gasteiger partial charge >= 0.3 is 0 Å². The number of ether oxygens (including phenoxy) is 9. The molecule has 0 aromatic heterocycles. The minimum atomic E-state index is -1.90. The number of nitrogens with zero attached hydrogens (tertiary/aromatic N) is 12. The Hall–Kier alpha value is -3.32. The lowest BCUT2D eigenvalue weighted by Crippen LogP contribution is -2.65. The van der Waals surface area contributed by atoms with E-state index in [9.17, 15) is 42.1 Å². The van der Waals surface area contributed by atoms with Crippen molar-refractivity contribution in [2.45, 2.75) is 98.2 Å². The van der Waals surface area contributed by atoms with Gasteiger partial charge in [0.15, 0.2) is 12.6 Å². The van der Waals surface area contributed by atoms with Crippen LogP contribution in [-0.4, -0.2) is 183 Å². The van der Waals surface area contributed by atoms with E-state index < -0.39 is 98.3 Å². The summed E-state index contributed by atoms with van der Waals surface area (Å²) in [5.74, 6) is 0. The highest BCUT2D eigenvalue weighted by Gasteiger charge is 2.53. The molecule has 1 aliphatic carbocycles. The van der Waals surface area contributed by atoms with Gasteiger partial charge in [-0.15, -0.1) is 0 Å². The molecule has 26 heteroatoms. The van der Waals surface area contributed by atoms with Crippen LogP contribution in [0.1, 0.15) is 6.42 Å². The van der Waals surface area contributed by atoms with Crippen molar-refractivity contribution in [2.24, 2.45) is 20.5 Å². The van der Waals surface area contributed by atoms with Crippen LogP contribution in [0.15, 0.2) is 20.5 Å². The summed E-state index contributed by atoms with van der Waals surface area (Å²) in [6.45, 7) is 1.12. The SMILES string of the molecule is [N-]=[N+]=NCC1O[C@H](O[C@@H]2C(N=[N+]=[N-])C[C@@H](N=[N+]=[N-])C(OC3O[C@@H]4COCCOCCOCCOCCO[C@H]4C(N=[N+]=[N-])[C@H]3O)[C@H]2O)C(O)[C@@H](O)[C@@H]1O. The maximum atomic E-state index is 11.6. The lowest BCUT2D eigenvalue weighted by molar-refractivity contribution is -0.333. The number of aliphatic hydroxyl groups is 5. The Kier molecular flexibility index (Phi) is 17.1. The second-order valence-corrected chi connectivity index (χ2v) is 11.9. The Bertz CT molecular complexity index is 1320. The third-order valence-corrected chi connectivity index (χ3v) is 8.65. The van der Waals surface area contributed by atoms with Gasteiger partial charge in [0, 0.05) is 19.6 Å². The Morgan fingerprint density at radius 3 is 1.67 bits per heavy atom. The molecular formula is C26H42N12O14. The van der Waals surface area contributed by atoms with E-state index in [-0.39, 0.29) is 46.1 Å². The fraction of sp³-hybridized carbons (Fsp3) is 1.00. The molecule has 290 valence electrons. The van der Waals surface area contributed by atoms with Gasteiger partial charge < -0.3 is 68.2 Å². The standard InChI is InChI=1S/C26H42N12O14/c27-35-31-10-14-17(39)19(41)20(42)26(49-14)52-23-13(33-37-29)9-12(32-36-28)22(21(23)43)51-25-18(40)16(34-38-30)24-15(50-25)11-47-6-5-45-2-1-44-3-4-46-7-8-48-24/h12-26,39-43H,1-11H2/t12-,13?,14?,15-,16?,17-,18-,19+,20?,21-,22?,23-,24-,25?,26-/m1/s1. The number of fused-ring (bicyclic) bond motifs is 1. The molecule has 4 fully saturated rings. The molecule has 0 radical (unpaired) electrons. The second-order valence-electron chi connectivity index (χ2n) is 11.9. The normalized spacial score (nSPS) is 41.1. The summed E-state index contributed by atoms with van der Waals surface area (Å²) in [5.41, 5.74) is 36.7. The predicted octanol–water partition coefficient (Wildman–Crippen LogP) is -0.773. The third kappa shape index (κ3) is 10.9. The fourth-order valence-corrected chi connectivity index (χ4v) is 6.12. The molecule has 52 heavy (non-hydrogen) atoms. The van der Waals surface area contributed by atoms with Crippen LogP contribution in [0, 0.1) is 0 Å². The Morgan fingerprint density at radius 1 is 0.577 bits per heavy atom. The number of rotatable bonds is 9. The topological polar surface area (TPSA) is 379 Å². The average Bonchev–Trinajstić information content (AvgIpc) is 3.13. The lowest BCUT2D eigenvalue weighted by Gasteiger charge is -2.48. The van der Waals surface area contributed by atoms with Crippen molar-refractivity contribution in [3.8, 4) is 0 Å². The molecular weight excluding hydrogens is 704 g/mol. The highest BCUT2D eigenvalue weighted by Crippen LogP contribution is 2.36. The largest absolute Gasteiger partial charge is 0.388 e. The molecule has 0 spiro atoms. The molecule has 3 saturated heterocycles. The first kappa shape index (κ1) is 41.4. The van der Waals surface area contributed by atoms with Crippen molar-refractivity contribution in [1.82, 2.24) is 0 Å². The summed E-state index contributed by atoms with van der Waals surface area (Å²) in [6, 6.07) is -3.88. The second kappa shape index (κ2) is 21.4. The van der Waals surface area contributed by atoms with E-state index in [0.717, 1.165) is 0 Å². The van der Waals surface area contributed by atoms with Crippen LogP contribution in [0.25, 0.3) is 41.8 Å². The van der Waals surface area contributed by atoms with Gasteiger partial charge in [-0.05, 0) is 28.5 Å². The van der Waals surface area contributed by atoms with Crippen LogP contribution in [0.3, 0.4) is 0 Å². The summed E-state index contributed by atoms with van der Waals surface area (Å²) in [4.78, 5) is 11.0. The van der Waals surface area contributed by atoms with Gasteiger partial charge in [-0.1, -0.05) is 20.5 Å². The van der Waals surface area contributed by atoms with Gasteiger partial charge in [0.1, 0.15) is 36.6 Å². The summed E-state index contributed by atoms with van der Waals surface area (Å²) in [7, 11) is 0. The van der Waals surface area contributed by atoms with Gasteiger partial charge in [-0.25, -0.2) is 0 Å². The minimum Gasteiger partial charge on any atom is -0.388 e. The van der Waals surface area contributed by atoms with Gasteiger partial charge in [-0.3, -0.25) is 0 Å². The fourth-order valence-electron chi connectivity index (χ4n) is 6.12. The zero-order valence-corrected chi connectivity index (χ0v) is 27.7. The van der Waals surface area contributed by atoms with Gasteiger partial charge in [0.05, 0.1) is 109 Å². The van der Waals surface area contributed by atoms with Crippen molar-refractivity contribution >= 4 is 0 Å². The molecule has 0 amide bonds. The van der Waals surface area contributed by atoms with Gasteiger partial charge in [0.25, 0.3) is 0 Å². The Morgan fingerprint density at radius 2 is 1.12 bits per heavy atom. The summed E-state index contributed by atoms with van der Waals surface area (Å²) >= 11 is 0. The quantitative estimate of drug-likeness (QED) is 0.110. The smallest absolute Gasteiger partial charge is 0.186 e. The first-order chi connectivity index (χ1) is 25.2. The van der Waals surface area contributed by atoms with Crippen molar-refractivity contribution in [3.05, 3.63) is 41.8 Å². The molecule has 26 nitrogen and oxygen atoms in total. The van der Waals surface area contributed by atoms with Crippen LogP contribution in [0.2, 0.25) is 0 Å². The molecule has 1 saturated carbocycles. The molecule has 6 unspecified atom stereocenters. The predicted molar refractivity (Wildman–Crippen MR) is 168 cm³/mol. The first-order valence-corrected chi connectivity index (χ1v) is 16.3. The van der Waals surface area contributed by atoms with Gasteiger partial charge in [0.2, 0.25) is 0 Å². The van der Waals surface area contributed by atoms with E-state index in [0.29, 0.717) is 19.8 Å². The lowest BCUT2D eigenvalue weighted by atomic mass is 9.84. The molecule has 3 aliphatic heterocycles. The maximum absolute atomic E-state index is 11.6. The Balaban J connectivity index is 1.58. The minimum absolute atomic E-state index is 0.00791. The highest BCUT2D eigenvalue weighted by molar-refractivity contribution is 5.04. The van der Waals surface area contributed by atoms with Crippen LogP contribution >= 0.6 is 0 Å². The van der Waals surface area contributed by atoms with Crippen LogP contribution in [0.4, 0.5) is 0 Å². The molecule has 15 atom stereocenters. The molecule has 3 heterocycles. The summed E-state index contributed by atoms with van der Waals surface area (Å²) in [5, 5.41) is 68.8. The van der Waals surface area contributed by atoms with E-state index in [1.807, 2.05) is 0 Å². The van der Waals surface area contributed by atoms with Crippen molar-refractivity contribution in [3.63, 3.8) is 0 Å². The number of hydrogen-bond acceptors (Lipinski definition) is 18. The maximum Gasteiger partial charge on any atom is 0.186 e. The van der Waals surface area contributed by atoms with Gasteiger partial charge in [-0.2, -0.15) is 0 Å². The van der Waals surface area contributed by atoms with E-state index in [1.54, 1.807) is 0 Å². The van der Waals surface area contributed by atoms with E-state index in [4.69, 9.17) is 48.2 Å². The molecule has 0 aromatic rings. The van der Waals surface area contributed by atoms with E-state index >= 15 is 0 Å². The molecule has 0 bridgehead atoms. The highest BCUT2D eigenvalue weighted by atomic mass is 16.7. The number of aliphatic hydroxyl groups excluding tert-OH is 5. The summed E-state index contributed by atoms with van der Waals surface area (Å²) in [6.07, 6.45) is -19.4. The van der Waals surface area contributed by atoms with E-state index in [2.05, 4.69) is 40.1 Å². The molecule has 4 rings (SSSR count). The molecule has 4 aliphatic rings. The first-order valence-electron chi connectivity index (χ1n) is 16.3. The summed E-state index contributed by atoms with van der Waals surface area (Å²) < 4.78 is 51.6. The van der Waals surface area contributed by atoms with E-state index in [1.165, 1.54) is 0 Å². The number of hydrogen-bond donors (Lipinski definition) is 5. The zero-order chi connectivity index (χ0) is 37.5. The van der Waals surface area contributed by atoms with Crippen molar-refractivity contribution in [1.29, 1.82) is 0 Å². The average molecular weight is 747 g/mol. The zero-order valence-electron chi connectivity index (χ0n) is 27.7. The van der Waals surface area contributed by atoms with Crippen molar-refractivity contribution < 1.29 is 68.2 Å². The van der Waals surface area contributed by atoms with Crippen LogP contribution in [0.5, 0.6) is 0 Å². The Labute approximate surface area is 294 Å². The third-order valence-electron chi connectivity index (χ3n) is 8.65. The molecule has 0 aromatic carbocycles.